The molecule has 2 amide bonds. The van der Waals surface area contributed by atoms with Crippen molar-refractivity contribution in [1.82, 2.24) is 10.3 Å². The van der Waals surface area contributed by atoms with Gasteiger partial charge >= 0.3 is 12.4 Å². The summed E-state index contributed by atoms with van der Waals surface area (Å²) >= 11 is 12.1. The fraction of sp³-hybridized carbons (Fsp3) is 0.273. The van der Waals surface area contributed by atoms with E-state index in [9.17, 15) is 41.0 Å². The van der Waals surface area contributed by atoms with Crippen LogP contribution in [0.1, 0.15) is 22.8 Å². The molecule has 1 saturated heterocycles. The third-order valence-corrected chi connectivity index (χ3v) is 6.30. The van der Waals surface area contributed by atoms with Gasteiger partial charge in [0.05, 0.1) is 39.9 Å². The lowest BCUT2D eigenvalue weighted by molar-refractivity contribution is -0.143. The van der Waals surface area contributed by atoms with Crippen molar-refractivity contribution in [2.45, 2.75) is 30.5 Å². The van der Waals surface area contributed by atoms with E-state index in [1.807, 2.05) is 0 Å². The summed E-state index contributed by atoms with van der Waals surface area (Å²) in [5.74, 6) is -2.49. The van der Waals surface area contributed by atoms with Crippen LogP contribution >= 0.6 is 23.2 Å². The minimum atomic E-state index is -5.13. The highest BCUT2D eigenvalue weighted by molar-refractivity contribution is 6.36. The highest BCUT2D eigenvalue weighted by Crippen LogP contribution is 2.40. The molecule has 0 aliphatic carbocycles. The number of carbonyl (C=O) groups excluding carboxylic acids is 2. The molecule has 0 aromatic heterocycles. The Bertz CT molecular complexity index is 1220. The van der Waals surface area contributed by atoms with Crippen LogP contribution < -0.4 is 10.7 Å². The van der Waals surface area contributed by atoms with Gasteiger partial charge in [0.25, 0.3) is 0 Å². The van der Waals surface area contributed by atoms with Crippen molar-refractivity contribution in [3.05, 3.63) is 75.3 Å². The van der Waals surface area contributed by atoms with E-state index >= 15 is 0 Å². The molecule has 2 aromatic rings. The van der Waals surface area contributed by atoms with Crippen molar-refractivity contribution in [2.24, 2.45) is 5.92 Å². The number of amides is 2. The van der Waals surface area contributed by atoms with Crippen LogP contribution in [0.5, 0.6) is 0 Å². The maximum absolute atomic E-state index is 13.4. The first-order valence-electron chi connectivity index (χ1n) is 10.2. The van der Waals surface area contributed by atoms with Gasteiger partial charge in [-0.2, -0.15) is 26.3 Å². The molecule has 36 heavy (non-hydrogen) atoms. The van der Waals surface area contributed by atoms with Crippen LogP contribution in [0.3, 0.4) is 0 Å². The molecular formula is C22H15Cl2F6N3O3. The zero-order chi connectivity index (χ0) is 26.6. The van der Waals surface area contributed by atoms with E-state index in [1.54, 1.807) is 0 Å². The van der Waals surface area contributed by atoms with Crippen molar-refractivity contribution in [3.63, 3.8) is 0 Å². The predicted molar refractivity (Wildman–Crippen MR) is 117 cm³/mol. The minimum Gasteiger partial charge on any atom is -0.386 e. The predicted octanol–water partition coefficient (Wildman–Crippen LogP) is 4.97. The number of anilines is 1. The Labute approximate surface area is 209 Å². The number of hydrogen-bond acceptors (Lipinski definition) is 5. The number of benzene rings is 2. The fourth-order valence-electron chi connectivity index (χ4n) is 4.06. The normalized spacial score (nSPS) is 23.4. The molecule has 4 unspecified atom stereocenters. The molecule has 192 valence electrons. The van der Waals surface area contributed by atoms with Crippen molar-refractivity contribution in [1.29, 1.82) is 0 Å². The van der Waals surface area contributed by atoms with Crippen molar-refractivity contribution in [3.8, 4) is 0 Å². The number of aliphatic hydroxyl groups is 1. The summed E-state index contributed by atoms with van der Waals surface area (Å²) in [6, 6.07) is 2.23. The number of nitrogens with one attached hydrogen (secondary N) is 2. The topological polar surface area (TPSA) is 81.7 Å². The van der Waals surface area contributed by atoms with Gasteiger partial charge in [0.2, 0.25) is 11.8 Å². The summed E-state index contributed by atoms with van der Waals surface area (Å²) in [6.45, 7) is 0. The van der Waals surface area contributed by atoms with Gasteiger partial charge in [0, 0.05) is 5.02 Å². The SMILES string of the molecule is O=C1NC(=O)C2C1C=CC(C(O)c1cc(C(F)(F)F)cc(C(F)(F)F)c1)N2Nc1ccc(Cl)cc1Cl. The van der Waals surface area contributed by atoms with Gasteiger partial charge in [-0.3, -0.25) is 14.9 Å². The van der Waals surface area contributed by atoms with Gasteiger partial charge in [-0.1, -0.05) is 35.4 Å². The number of hydrazine groups is 1. The van der Waals surface area contributed by atoms with E-state index in [-0.39, 0.29) is 21.8 Å². The molecule has 4 rings (SSSR count). The van der Waals surface area contributed by atoms with Crippen LogP contribution in [0.15, 0.2) is 48.6 Å². The summed E-state index contributed by atoms with van der Waals surface area (Å²) < 4.78 is 80.1. The minimum absolute atomic E-state index is 0.0600. The number of nitrogens with zero attached hydrogens (tertiary/aromatic N) is 1. The third-order valence-electron chi connectivity index (χ3n) is 5.75. The Balaban J connectivity index is 1.80. The Kier molecular flexibility index (Phi) is 6.75. The van der Waals surface area contributed by atoms with E-state index in [0.717, 1.165) is 5.01 Å². The first-order chi connectivity index (χ1) is 16.7. The van der Waals surface area contributed by atoms with E-state index < -0.39 is 65.0 Å². The summed E-state index contributed by atoms with van der Waals surface area (Å²) in [5.41, 5.74) is -1.01. The van der Waals surface area contributed by atoms with Crippen molar-refractivity contribution in [2.75, 3.05) is 5.43 Å². The van der Waals surface area contributed by atoms with Crippen LogP contribution in [0.4, 0.5) is 32.0 Å². The molecule has 2 heterocycles. The number of hydrogen-bond donors (Lipinski definition) is 3. The molecule has 4 atom stereocenters. The number of alkyl halides is 6. The molecule has 6 nitrogen and oxygen atoms in total. The summed E-state index contributed by atoms with van der Waals surface area (Å²) in [6.07, 6.45) is -9.77. The lowest BCUT2D eigenvalue weighted by Crippen LogP contribution is -2.55. The molecule has 2 aliphatic rings. The Morgan fingerprint density at radius 3 is 2.08 bits per heavy atom. The average Bonchev–Trinajstić information content (AvgIpc) is 3.07. The number of fused-ring (bicyclic) bond motifs is 1. The quantitative estimate of drug-likeness (QED) is 0.283. The van der Waals surface area contributed by atoms with Crippen LogP contribution in [-0.4, -0.2) is 34.0 Å². The first kappa shape index (κ1) is 26.3. The summed E-state index contributed by atoms with van der Waals surface area (Å²) in [7, 11) is 0. The van der Waals surface area contributed by atoms with Crippen molar-refractivity contribution >= 4 is 40.7 Å². The largest absolute Gasteiger partial charge is 0.416 e. The first-order valence-corrected chi connectivity index (χ1v) is 10.9. The van der Waals surface area contributed by atoms with E-state index in [2.05, 4.69) is 10.7 Å². The average molecular weight is 554 g/mol. The highest BCUT2D eigenvalue weighted by Gasteiger charge is 2.50. The molecule has 2 aromatic carbocycles. The van der Waals surface area contributed by atoms with Gasteiger partial charge < -0.3 is 10.5 Å². The van der Waals surface area contributed by atoms with Crippen LogP contribution in [0.25, 0.3) is 0 Å². The molecule has 0 spiro atoms. The van der Waals surface area contributed by atoms with Gasteiger partial charge in [-0.15, -0.1) is 0 Å². The molecule has 1 fully saturated rings. The number of aliphatic hydroxyl groups excluding tert-OH is 1. The van der Waals surface area contributed by atoms with Gasteiger partial charge in [-0.05, 0) is 42.0 Å². The van der Waals surface area contributed by atoms with Crippen LogP contribution in [-0.2, 0) is 21.9 Å². The number of rotatable bonds is 4. The second kappa shape index (κ2) is 9.25. The summed E-state index contributed by atoms with van der Waals surface area (Å²) in [4.78, 5) is 24.7. The van der Waals surface area contributed by atoms with Crippen LogP contribution in [0, 0.1) is 5.92 Å². The highest BCUT2D eigenvalue weighted by atomic mass is 35.5. The Morgan fingerprint density at radius 1 is 0.917 bits per heavy atom. The zero-order valence-electron chi connectivity index (χ0n) is 17.7. The molecular weight excluding hydrogens is 539 g/mol. The Morgan fingerprint density at radius 2 is 1.53 bits per heavy atom. The van der Waals surface area contributed by atoms with E-state index in [1.165, 1.54) is 30.4 Å². The smallest absolute Gasteiger partial charge is 0.386 e. The number of halogens is 8. The summed E-state index contributed by atoms with van der Waals surface area (Å²) in [5, 5.41) is 14.5. The van der Waals surface area contributed by atoms with Gasteiger partial charge in [0.15, 0.2) is 0 Å². The lowest BCUT2D eigenvalue weighted by Gasteiger charge is -2.41. The monoisotopic (exact) mass is 553 g/mol. The second-order valence-electron chi connectivity index (χ2n) is 8.13. The van der Waals surface area contributed by atoms with Gasteiger partial charge in [0.1, 0.15) is 6.04 Å². The standard InChI is InChI=1S/C22H15Cl2F6N3O3/c23-12-1-3-15(14(24)8-12)32-33-16(4-2-13-17(33)20(36)31-19(13)35)18(34)9-5-10(21(25,26)27)7-11(6-9)22(28,29)30/h1-8,13,16-18,32,34H,(H,31,35,36). The second-order valence-corrected chi connectivity index (χ2v) is 8.97. The third kappa shape index (κ3) is 5.03. The number of carbonyl (C=O) groups is 2. The van der Waals surface area contributed by atoms with Crippen molar-refractivity contribution < 1.29 is 41.0 Å². The fourth-order valence-corrected chi connectivity index (χ4v) is 4.51. The maximum atomic E-state index is 13.4. The molecule has 2 aliphatic heterocycles. The maximum Gasteiger partial charge on any atom is 0.416 e. The van der Waals surface area contributed by atoms with E-state index in [4.69, 9.17) is 23.2 Å². The molecule has 0 saturated carbocycles. The van der Waals surface area contributed by atoms with Crippen LogP contribution in [0.2, 0.25) is 10.0 Å². The lowest BCUT2D eigenvalue weighted by atomic mass is 9.89. The zero-order valence-corrected chi connectivity index (χ0v) is 19.2. The van der Waals surface area contributed by atoms with E-state index in [0.29, 0.717) is 12.1 Å². The number of imide groups is 1. The molecule has 3 N–H and O–H groups in total. The Hall–Kier alpha value is -2.80. The molecule has 0 bridgehead atoms. The van der Waals surface area contributed by atoms with Gasteiger partial charge in [-0.25, -0.2) is 5.01 Å². The molecule has 0 radical (unpaired) electrons. The molecule has 14 heteroatoms.